The summed E-state index contributed by atoms with van der Waals surface area (Å²) in [5, 5.41) is 7.57. The van der Waals surface area contributed by atoms with E-state index in [9.17, 15) is 4.79 Å². The Labute approximate surface area is 195 Å². The van der Waals surface area contributed by atoms with Crippen molar-refractivity contribution in [3.63, 3.8) is 0 Å². The molecule has 1 N–H and O–H groups in total. The molecular weight excluding hydrogens is 414 g/mol. The van der Waals surface area contributed by atoms with Gasteiger partial charge in [-0.1, -0.05) is 42.5 Å². The number of nitrogens with one attached hydrogen (secondary N) is 1. The quantitative estimate of drug-likeness (QED) is 0.567. The number of aryl methyl sites for hydroxylation is 1. The average molecular weight is 446 g/mol. The van der Waals surface area contributed by atoms with Crippen LogP contribution in [-0.4, -0.2) is 64.8 Å². The number of piperazine rings is 1. The van der Waals surface area contributed by atoms with Crippen molar-refractivity contribution in [2.45, 2.75) is 19.6 Å². The fourth-order valence-electron chi connectivity index (χ4n) is 4.76. The molecule has 1 aromatic heterocycles. The van der Waals surface area contributed by atoms with Crippen LogP contribution in [0.25, 0.3) is 11.3 Å². The zero-order valence-electron chi connectivity index (χ0n) is 19.2. The van der Waals surface area contributed by atoms with Gasteiger partial charge < -0.3 is 15.0 Å². The first-order chi connectivity index (χ1) is 16.2. The molecule has 7 nitrogen and oxygen atoms in total. The van der Waals surface area contributed by atoms with E-state index in [-0.39, 0.29) is 5.91 Å². The molecule has 0 bridgehead atoms. The number of benzene rings is 2. The second-order valence-corrected chi connectivity index (χ2v) is 8.80. The number of nitrogens with zero attached hydrogens (tertiary/aromatic N) is 4. The lowest BCUT2D eigenvalue weighted by Crippen LogP contribution is -2.46. The van der Waals surface area contributed by atoms with Crippen molar-refractivity contribution in [1.82, 2.24) is 24.9 Å². The van der Waals surface area contributed by atoms with Crippen LogP contribution in [0.5, 0.6) is 5.75 Å². The molecule has 172 valence electrons. The summed E-state index contributed by atoms with van der Waals surface area (Å²) in [6, 6.07) is 18.6. The van der Waals surface area contributed by atoms with E-state index in [0.29, 0.717) is 18.8 Å². The average Bonchev–Trinajstić information content (AvgIpc) is 3.20. The molecule has 3 aromatic rings. The Balaban J connectivity index is 1.08. The van der Waals surface area contributed by atoms with Crippen LogP contribution in [0, 0.1) is 0 Å². The van der Waals surface area contributed by atoms with Crippen molar-refractivity contribution in [3.05, 3.63) is 71.4 Å². The van der Waals surface area contributed by atoms with E-state index in [1.807, 2.05) is 31.3 Å². The molecule has 7 heteroatoms. The van der Waals surface area contributed by atoms with Crippen molar-refractivity contribution in [2.24, 2.45) is 7.05 Å². The Morgan fingerprint density at radius 2 is 1.73 bits per heavy atom. The number of carbonyl (C=O) groups is 1. The summed E-state index contributed by atoms with van der Waals surface area (Å²) in [6.45, 7) is 7.35. The predicted molar refractivity (Wildman–Crippen MR) is 128 cm³/mol. The molecule has 0 spiro atoms. The predicted octanol–water partition coefficient (Wildman–Crippen LogP) is 2.92. The second-order valence-electron chi connectivity index (χ2n) is 8.80. The fourth-order valence-corrected chi connectivity index (χ4v) is 4.76. The molecule has 2 aliphatic heterocycles. The van der Waals surface area contributed by atoms with Gasteiger partial charge in [-0.25, -0.2) is 0 Å². The maximum atomic E-state index is 12.8. The largest absolute Gasteiger partial charge is 0.488 e. The number of amides is 1. The molecule has 1 amide bonds. The summed E-state index contributed by atoms with van der Waals surface area (Å²) in [5.41, 5.74) is 4.66. The normalized spacial score (nSPS) is 16.0. The van der Waals surface area contributed by atoms with Gasteiger partial charge in [0, 0.05) is 57.4 Å². The summed E-state index contributed by atoms with van der Waals surface area (Å²) in [7, 11) is 1.88. The van der Waals surface area contributed by atoms with Gasteiger partial charge in [0.25, 0.3) is 5.91 Å². The third-order valence-electron chi connectivity index (χ3n) is 6.53. The Kier molecular flexibility index (Phi) is 6.41. The smallest absolute Gasteiger partial charge is 0.272 e. The van der Waals surface area contributed by atoms with Crippen molar-refractivity contribution in [2.75, 3.05) is 39.3 Å². The minimum absolute atomic E-state index is 0.123. The second kappa shape index (κ2) is 9.77. The highest BCUT2D eigenvalue weighted by molar-refractivity contribution is 5.96. The van der Waals surface area contributed by atoms with E-state index in [0.717, 1.165) is 68.3 Å². The van der Waals surface area contributed by atoms with Crippen LogP contribution in [0.2, 0.25) is 0 Å². The molecule has 1 fully saturated rings. The molecule has 3 heterocycles. The van der Waals surface area contributed by atoms with Gasteiger partial charge in [0.15, 0.2) is 5.69 Å². The molecule has 0 aliphatic carbocycles. The van der Waals surface area contributed by atoms with Gasteiger partial charge >= 0.3 is 0 Å². The first kappa shape index (κ1) is 21.7. The molecule has 33 heavy (non-hydrogen) atoms. The first-order valence-electron chi connectivity index (χ1n) is 11.7. The SMILES string of the molecule is Cn1nc(C(=O)NCCCN2CCN(Cc3ccccc3)CC2)c2c1-c1ccccc1OC2. The number of carbonyl (C=O) groups excluding carboxylic acids is 1. The van der Waals surface area contributed by atoms with Crippen molar-refractivity contribution < 1.29 is 9.53 Å². The molecular formula is C26H31N5O2. The standard InChI is InChI=1S/C26H31N5O2/c1-29-25-21-10-5-6-11-23(21)33-19-22(25)24(28-29)26(32)27-12-7-13-30-14-16-31(17-15-30)18-20-8-3-2-4-9-20/h2-6,8-11H,7,12-19H2,1H3,(H,27,32). The summed E-state index contributed by atoms with van der Waals surface area (Å²) in [5.74, 6) is 0.714. The van der Waals surface area contributed by atoms with Crippen LogP contribution in [0.3, 0.4) is 0 Å². The van der Waals surface area contributed by atoms with E-state index in [1.54, 1.807) is 4.68 Å². The zero-order chi connectivity index (χ0) is 22.6. The van der Waals surface area contributed by atoms with Gasteiger partial charge in [0.1, 0.15) is 12.4 Å². The van der Waals surface area contributed by atoms with Gasteiger partial charge in [-0.15, -0.1) is 0 Å². The number of hydrogen-bond acceptors (Lipinski definition) is 5. The summed E-state index contributed by atoms with van der Waals surface area (Å²) in [4.78, 5) is 17.8. The van der Waals surface area contributed by atoms with Crippen LogP contribution in [0.15, 0.2) is 54.6 Å². The van der Waals surface area contributed by atoms with Gasteiger partial charge in [0.2, 0.25) is 0 Å². The number of para-hydroxylation sites is 1. The summed E-state index contributed by atoms with van der Waals surface area (Å²) in [6.07, 6.45) is 0.929. The van der Waals surface area contributed by atoms with E-state index >= 15 is 0 Å². The van der Waals surface area contributed by atoms with Crippen molar-refractivity contribution in [1.29, 1.82) is 0 Å². The van der Waals surface area contributed by atoms with E-state index in [4.69, 9.17) is 4.74 Å². The van der Waals surface area contributed by atoms with E-state index in [1.165, 1.54) is 5.56 Å². The van der Waals surface area contributed by atoms with Gasteiger partial charge in [0.05, 0.1) is 5.69 Å². The van der Waals surface area contributed by atoms with Gasteiger partial charge in [-0.3, -0.25) is 14.4 Å². The monoisotopic (exact) mass is 445 g/mol. The number of aromatic nitrogens is 2. The number of rotatable bonds is 7. The minimum atomic E-state index is -0.123. The van der Waals surface area contributed by atoms with Crippen LogP contribution >= 0.6 is 0 Å². The first-order valence-corrected chi connectivity index (χ1v) is 11.7. The molecule has 0 radical (unpaired) electrons. The zero-order valence-corrected chi connectivity index (χ0v) is 19.2. The lowest BCUT2D eigenvalue weighted by Gasteiger charge is -2.34. The van der Waals surface area contributed by atoms with Crippen molar-refractivity contribution in [3.8, 4) is 17.0 Å². The summed E-state index contributed by atoms with van der Waals surface area (Å²) < 4.78 is 7.65. The third kappa shape index (κ3) is 4.79. The van der Waals surface area contributed by atoms with Crippen molar-refractivity contribution >= 4 is 5.91 Å². The Bertz CT molecular complexity index is 1100. The highest BCUT2D eigenvalue weighted by atomic mass is 16.5. The molecule has 1 saturated heterocycles. The summed E-state index contributed by atoms with van der Waals surface area (Å²) >= 11 is 0. The molecule has 5 rings (SSSR count). The third-order valence-corrected chi connectivity index (χ3v) is 6.53. The fraction of sp³-hybridized carbons (Fsp3) is 0.385. The Morgan fingerprint density at radius 1 is 1.00 bits per heavy atom. The van der Waals surface area contributed by atoms with Crippen LogP contribution in [0.1, 0.15) is 28.0 Å². The molecule has 0 saturated carbocycles. The van der Waals surface area contributed by atoms with Crippen LogP contribution < -0.4 is 10.1 Å². The van der Waals surface area contributed by atoms with E-state index < -0.39 is 0 Å². The molecule has 0 unspecified atom stereocenters. The number of ether oxygens (including phenoxy) is 1. The van der Waals surface area contributed by atoms with E-state index in [2.05, 4.69) is 50.5 Å². The molecule has 0 atom stereocenters. The Morgan fingerprint density at radius 3 is 2.55 bits per heavy atom. The van der Waals surface area contributed by atoms with Crippen LogP contribution in [0.4, 0.5) is 0 Å². The Hall–Kier alpha value is -3.16. The molecule has 2 aliphatic rings. The lowest BCUT2D eigenvalue weighted by molar-refractivity contribution is 0.0939. The maximum Gasteiger partial charge on any atom is 0.272 e. The topological polar surface area (TPSA) is 62.6 Å². The highest BCUT2D eigenvalue weighted by Crippen LogP contribution is 2.38. The van der Waals surface area contributed by atoms with Gasteiger partial charge in [-0.05, 0) is 30.7 Å². The molecule has 2 aromatic carbocycles. The number of fused-ring (bicyclic) bond motifs is 3. The minimum Gasteiger partial charge on any atom is -0.488 e. The maximum absolute atomic E-state index is 12.8. The highest BCUT2D eigenvalue weighted by Gasteiger charge is 2.28. The van der Waals surface area contributed by atoms with Crippen LogP contribution in [-0.2, 0) is 20.2 Å². The number of hydrogen-bond donors (Lipinski definition) is 1. The van der Waals surface area contributed by atoms with Gasteiger partial charge in [-0.2, -0.15) is 5.10 Å². The lowest BCUT2D eigenvalue weighted by atomic mass is 10.0.